The van der Waals surface area contributed by atoms with Crippen LogP contribution < -0.4 is 15.2 Å². The van der Waals surface area contributed by atoms with Crippen molar-refractivity contribution >= 4 is 38.7 Å². The second-order valence-corrected chi connectivity index (χ2v) is 6.85. The van der Waals surface area contributed by atoms with Gasteiger partial charge in [-0.3, -0.25) is 4.79 Å². The second kappa shape index (κ2) is 8.59. The molecular formula is C22H17BrN2O3. The lowest BCUT2D eigenvalue weighted by atomic mass is 10.1. The first-order valence-corrected chi connectivity index (χ1v) is 9.21. The highest BCUT2D eigenvalue weighted by Crippen LogP contribution is 2.38. The number of carbonyl (C=O) groups is 1. The number of benzene rings is 3. The van der Waals surface area contributed by atoms with E-state index in [4.69, 9.17) is 20.5 Å². The Morgan fingerprint density at radius 3 is 2.68 bits per heavy atom. The van der Waals surface area contributed by atoms with Gasteiger partial charge in [-0.1, -0.05) is 42.5 Å². The van der Waals surface area contributed by atoms with Crippen molar-refractivity contribution in [2.45, 2.75) is 6.61 Å². The summed E-state index contributed by atoms with van der Waals surface area (Å²) in [4.78, 5) is 11.3. The van der Waals surface area contributed by atoms with E-state index in [1.54, 1.807) is 18.2 Å². The van der Waals surface area contributed by atoms with Gasteiger partial charge >= 0.3 is 0 Å². The number of nitriles is 1. The van der Waals surface area contributed by atoms with Crippen molar-refractivity contribution in [3.63, 3.8) is 0 Å². The van der Waals surface area contributed by atoms with Gasteiger partial charge in [0.1, 0.15) is 18.2 Å². The smallest absolute Gasteiger partial charge is 0.259 e. The fourth-order valence-electron chi connectivity index (χ4n) is 2.86. The molecule has 6 heteroatoms. The van der Waals surface area contributed by atoms with Gasteiger partial charge in [0.25, 0.3) is 5.91 Å². The Morgan fingerprint density at radius 2 is 1.96 bits per heavy atom. The molecule has 1 amide bonds. The lowest BCUT2D eigenvalue weighted by molar-refractivity contribution is -0.114. The van der Waals surface area contributed by atoms with Crippen molar-refractivity contribution in [2.24, 2.45) is 5.73 Å². The standard InChI is InChI=1S/C22H17BrN2O3/c1-27-20-11-14(9-17(12-24)22(25)26)10-19(23)21(20)28-13-16-7-4-6-15-5-2-3-8-18(15)16/h2-11H,13H2,1H3,(H2,25,26). The monoisotopic (exact) mass is 436 g/mol. The average Bonchev–Trinajstić information content (AvgIpc) is 2.70. The van der Waals surface area contributed by atoms with Gasteiger partial charge in [-0.05, 0) is 56.0 Å². The maximum absolute atomic E-state index is 11.3. The van der Waals surface area contributed by atoms with E-state index in [0.29, 0.717) is 28.1 Å². The van der Waals surface area contributed by atoms with Gasteiger partial charge in [-0.25, -0.2) is 0 Å². The predicted molar refractivity (Wildman–Crippen MR) is 112 cm³/mol. The molecule has 0 aliphatic heterocycles. The lowest BCUT2D eigenvalue weighted by Gasteiger charge is -2.14. The number of halogens is 1. The van der Waals surface area contributed by atoms with Crippen LogP contribution in [0, 0.1) is 11.3 Å². The summed E-state index contributed by atoms with van der Waals surface area (Å²) in [6.07, 6.45) is 1.41. The molecule has 0 saturated carbocycles. The van der Waals surface area contributed by atoms with Crippen LogP contribution in [0.25, 0.3) is 16.8 Å². The van der Waals surface area contributed by atoms with E-state index < -0.39 is 5.91 Å². The number of primary amides is 1. The first-order valence-electron chi connectivity index (χ1n) is 8.42. The van der Waals surface area contributed by atoms with E-state index in [9.17, 15) is 4.79 Å². The van der Waals surface area contributed by atoms with Crippen molar-refractivity contribution in [1.82, 2.24) is 0 Å². The molecule has 0 heterocycles. The van der Waals surface area contributed by atoms with Gasteiger partial charge in [-0.2, -0.15) is 5.26 Å². The zero-order valence-electron chi connectivity index (χ0n) is 15.1. The first kappa shape index (κ1) is 19.5. The number of fused-ring (bicyclic) bond motifs is 1. The van der Waals surface area contributed by atoms with E-state index in [1.807, 2.05) is 24.3 Å². The Morgan fingerprint density at radius 1 is 1.21 bits per heavy atom. The van der Waals surface area contributed by atoms with Crippen LogP contribution in [0.15, 0.2) is 64.6 Å². The number of carbonyl (C=O) groups excluding carboxylic acids is 1. The van der Waals surface area contributed by atoms with Gasteiger partial charge in [-0.15, -0.1) is 0 Å². The molecule has 0 aromatic heterocycles. The van der Waals surface area contributed by atoms with Gasteiger partial charge in [0.05, 0.1) is 11.6 Å². The molecule has 5 nitrogen and oxygen atoms in total. The summed E-state index contributed by atoms with van der Waals surface area (Å²) in [5, 5.41) is 11.3. The van der Waals surface area contributed by atoms with Gasteiger partial charge in [0.15, 0.2) is 11.5 Å². The van der Waals surface area contributed by atoms with Crippen LogP contribution in [0.1, 0.15) is 11.1 Å². The maximum atomic E-state index is 11.3. The minimum Gasteiger partial charge on any atom is -0.493 e. The summed E-state index contributed by atoms with van der Waals surface area (Å²) in [7, 11) is 1.53. The molecule has 3 aromatic carbocycles. The highest BCUT2D eigenvalue weighted by molar-refractivity contribution is 9.10. The van der Waals surface area contributed by atoms with Crippen molar-refractivity contribution in [3.8, 4) is 17.6 Å². The molecule has 140 valence electrons. The molecule has 0 fully saturated rings. The first-order chi connectivity index (χ1) is 13.5. The molecule has 2 N–H and O–H groups in total. The largest absolute Gasteiger partial charge is 0.493 e. The van der Waals surface area contributed by atoms with Crippen LogP contribution in [0.2, 0.25) is 0 Å². The third-order valence-electron chi connectivity index (χ3n) is 4.20. The van der Waals surface area contributed by atoms with Crippen LogP contribution >= 0.6 is 15.9 Å². The highest BCUT2D eigenvalue weighted by atomic mass is 79.9. The number of ether oxygens (including phenoxy) is 2. The van der Waals surface area contributed by atoms with Crippen molar-refractivity contribution in [1.29, 1.82) is 5.26 Å². The van der Waals surface area contributed by atoms with Crippen molar-refractivity contribution < 1.29 is 14.3 Å². The molecule has 3 rings (SSSR count). The summed E-state index contributed by atoms with van der Waals surface area (Å²) >= 11 is 3.48. The van der Waals surface area contributed by atoms with Crippen LogP contribution in [-0.4, -0.2) is 13.0 Å². The molecule has 28 heavy (non-hydrogen) atoms. The highest BCUT2D eigenvalue weighted by Gasteiger charge is 2.13. The number of hydrogen-bond acceptors (Lipinski definition) is 4. The number of nitrogens with two attached hydrogens (primary N) is 1. The predicted octanol–water partition coefficient (Wildman–Crippen LogP) is 4.58. The Bertz CT molecular complexity index is 1110. The molecule has 0 saturated heterocycles. The third-order valence-corrected chi connectivity index (χ3v) is 4.79. The fourth-order valence-corrected chi connectivity index (χ4v) is 3.43. The normalized spacial score (nSPS) is 11.1. The zero-order chi connectivity index (χ0) is 20.1. The summed E-state index contributed by atoms with van der Waals surface area (Å²) in [6, 6.07) is 19.4. The molecule has 3 aromatic rings. The number of nitrogens with zero attached hydrogens (tertiary/aromatic N) is 1. The van der Waals surface area contributed by atoms with E-state index in [2.05, 4.69) is 34.1 Å². The number of methoxy groups -OCH3 is 1. The summed E-state index contributed by atoms with van der Waals surface area (Å²) in [6.45, 7) is 0.357. The van der Waals surface area contributed by atoms with E-state index in [0.717, 1.165) is 16.3 Å². The molecule has 0 spiro atoms. The van der Waals surface area contributed by atoms with E-state index in [-0.39, 0.29) is 5.57 Å². The molecule has 0 aliphatic carbocycles. The minimum atomic E-state index is -0.783. The molecular weight excluding hydrogens is 420 g/mol. The third kappa shape index (κ3) is 4.16. The summed E-state index contributed by atoms with van der Waals surface area (Å²) in [5.41, 5.74) is 6.70. The fraction of sp³-hybridized carbons (Fsp3) is 0.0909. The van der Waals surface area contributed by atoms with Crippen molar-refractivity contribution in [2.75, 3.05) is 7.11 Å². The molecule has 0 aliphatic rings. The van der Waals surface area contributed by atoms with E-state index in [1.165, 1.54) is 13.2 Å². The van der Waals surface area contributed by atoms with Crippen molar-refractivity contribution in [3.05, 3.63) is 75.8 Å². The quantitative estimate of drug-likeness (QED) is 0.452. The topological polar surface area (TPSA) is 85.3 Å². The van der Waals surface area contributed by atoms with Crippen LogP contribution in [0.4, 0.5) is 0 Å². The lowest BCUT2D eigenvalue weighted by Crippen LogP contribution is -2.12. The molecule has 0 bridgehead atoms. The van der Waals surface area contributed by atoms with Gasteiger partial charge < -0.3 is 15.2 Å². The Balaban J connectivity index is 1.92. The maximum Gasteiger partial charge on any atom is 0.259 e. The number of amides is 1. The van der Waals surface area contributed by atoms with Gasteiger partial charge in [0, 0.05) is 0 Å². The van der Waals surface area contributed by atoms with Gasteiger partial charge in [0.2, 0.25) is 0 Å². The Kier molecular flexibility index (Phi) is 5.97. The number of rotatable bonds is 6. The average molecular weight is 437 g/mol. The van der Waals surface area contributed by atoms with Crippen LogP contribution in [-0.2, 0) is 11.4 Å². The Labute approximate surface area is 171 Å². The molecule has 0 radical (unpaired) electrons. The minimum absolute atomic E-state index is 0.140. The summed E-state index contributed by atoms with van der Waals surface area (Å²) in [5.74, 6) is 0.224. The Hall–Kier alpha value is -3.30. The molecule has 0 unspecified atom stereocenters. The molecule has 0 atom stereocenters. The SMILES string of the molecule is COc1cc(C=C(C#N)C(N)=O)cc(Br)c1OCc1cccc2ccccc12. The van der Waals surface area contributed by atoms with Crippen LogP contribution in [0.3, 0.4) is 0 Å². The zero-order valence-corrected chi connectivity index (χ0v) is 16.7. The second-order valence-electron chi connectivity index (χ2n) is 6.00. The number of hydrogen-bond donors (Lipinski definition) is 1. The summed E-state index contributed by atoms with van der Waals surface area (Å²) < 4.78 is 12.1. The van der Waals surface area contributed by atoms with E-state index >= 15 is 0 Å². The van der Waals surface area contributed by atoms with Crippen LogP contribution in [0.5, 0.6) is 11.5 Å².